The van der Waals surface area contributed by atoms with Crippen LogP contribution in [-0.2, 0) is 0 Å². The van der Waals surface area contributed by atoms with Gasteiger partial charge in [0.1, 0.15) is 16.0 Å². The molecule has 0 aromatic carbocycles. The average Bonchev–Trinajstić information content (AvgIpc) is 1.82. The fourth-order valence-electron chi connectivity index (χ4n) is 0.982. The van der Waals surface area contributed by atoms with Gasteiger partial charge in [-0.1, -0.05) is 12.2 Å². The lowest BCUT2D eigenvalue weighted by atomic mass is 10.2. The Hall–Kier alpha value is -1.23. The highest BCUT2D eigenvalue weighted by Gasteiger charge is 2.10. The van der Waals surface area contributed by atoms with Crippen LogP contribution in [0.3, 0.4) is 0 Å². The SMILES string of the molecule is Cc1nc(=S)c(C(=O)O)c(C)[nH]1. The molecule has 0 amide bonds. The Bertz CT molecular complexity index is 383. The first-order valence-corrected chi connectivity index (χ1v) is 3.74. The van der Waals surface area contributed by atoms with E-state index in [9.17, 15) is 4.79 Å². The normalized spacial score (nSPS) is 9.83. The van der Waals surface area contributed by atoms with Gasteiger partial charge in [0, 0.05) is 5.69 Å². The van der Waals surface area contributed by atoms with E-state index >= 15 is 0 Å². The zero-order valence-corrected chi connectivity index (χ0v) is 7.53. The third-order valence-corrected chi connectivity index (χ3v) is 1.74. The molecule has 0 aliphatic heterocycles. The molecule has 0 atom stereocenters. The number of H-pyrrole nitrogens is 1. The summed E-state index contributed by atoms with van der Waals surface area (Å²) in [5.74, 6) is -0.413. The summed E-state index contributed by atoms with van der Waals surface area (Å²) in [6, 6.07) is 0. The lowest BCUT2D eigenvalue weighted by Crippen LogP contribution is -2.06. The molecule has 2 N–H and O–H groups in total. The van der Waals surface area contributed by atoms with Crippen LogP contribution in [0, 0.1) is 18.5 Å². The second-order valence-corrected chi connectivity index (χ2v) is 2.82. The Morgan fingerprint density at radius 1 is 1.58 bits per heavy atom. The minimum absolute atomic E-state index is 0.0793. The molecule has 0 aliphatic rings. The van der Waals surface area contributed by atoms with Crippen LogP contribution < -0.4 is 0 Å². The first kappa shape index (κ1) is 8.86. The Balaban J connectivity index is 3.49. The van der Waals surface area contributed by atoms with Crippen molar-refractivity contribution in [2.24, 2.45) is 0 Å². The highest BCUT2D eigenvalue weighted by atomic mass is 32.1. The highest BCUT2D eigenvalue weighted by molar-refractivity contribution is 7.71. The maximum atomic E-state index is 10.6. The summed E-state index contributed by atoms with van der Waals surface area (Å²) in [5.41, 5.74) is 0.621. The van der Waals surface area contributed by atoms with Crippen LogP contribution in [0.1, 0.15) is 21.9 Å². The second-order valence-electron chi connectivity index (χ2n) is 2.43. The van der Waals surface area contributed by atoms with E-state index in [0.717, 1.165) is 0 Å². The van der Waals surface area contributed by atoms with Crippen molar-refractivity contribution in [1.29, 1.82) is 0 Å². The number of hydrogen-bond acceptors (Lipinski definition) is 3. The molecule has 0 radical (unpaired) electrons. The van der Waals surface area contributed by atoms with E-state index in [0.29, 0.717) is 11.5 Å². The number of carbonyl (C=O) groups is 1. The van der Waals surface area contributed by atoms with Gasteiger partial charge in [-0.25, -0.2) is 9.78 Å². The van der Waals surface area contributed by atoms with Crippen molar-refractivity contribution in [2.75, 3.05) is 0 Å². The van der Waals surface area contributed by atoms with Gasteiger partial charge >= 0.3 is 5.97 Å². The number of nitrogens with one attached hydrogen (secondary N) is 1. The summed E-state index contributed by atoms with van der Waals surface area (Å²) >= 11 is 4.79. The molecule has 0 unspecified atom stereocenters. The molecule has 1 aromatic rings. The molecular formula is C7H8N2O2S. The average molecular weight is 184 g/mol. The summed E-state index contributed by atoms with van der Waals surface area (Å²) in [5, 5.41) is 8.71. The van der Waals surface area contributed by atoms with Gasteiger partial charge in [-0.15, -0.1) is 0 Å². The number of carboxylic acid groups (broad SMARTS) is 1. The van der Waals surface area contributed by atoms with Crippen LogP contribution in [0.4, 0.5) is 0 Å². The lowest BCUT2D eigenvalue weighted by molar-refractivity contribution is 0.0694. The molecule has 64 valence electrons. The smallest absolute Gasteiger partial charge is 0.340 e. The van der Waals surface area contributed by atoms with Crippen molar-refractivity contribution in [3.8, 4) is 0 Å². The number of hydrogen-bond donors (Lipinski definition) is 2. The Morgan fingerprint density at radius 2 is 2.17 bits per heavy atom. The molecule has 0 saturated heterocycles. The molecule has 0 aliphatic carbocycles. The number of aromatic nitrogens is 2. The number of aromatic amines is 1. The first-order valence-electron chi connectivity index (χ1n) is 3.33. The van der Waals surface area contributed by atoms with E-state index in [2.05, 4.69) is 9.97 Å². The van der Waals surface area contributed by atoms with Gasteiger partial charge in [-0.3, -0.25) is 0 Å². The van der Waals surface area contributed by atoms with Crippen LogP contribution in [0.5, 0.6) is 0 Å². The topological polar surface area (TPSA) is 66.0 Å². The van der Waals surface area contributed by atoms with Crippen molar-refractivity contribution in [3.63, 3.8) is 0 Å². The van der Waals surface area contributed by atoms with E-state index < -0.39 is 5.97 Å². The standard InChI is InChI=1S/C7H8N2O2S/c1-3-5(7(10)11)6(12)9-4(2)8-3/h1-2H3,(H,10,11)(H,8,9,12). The minimum Gasteiger partial charge on any atom is -0.478 e. The van der Waals surface area contributed by atoms with E-state index in [1.165, 1.54) is 0 Å². The monoisotopic (exact) mass is 184 g/mol. The van der Waals surface area contributed by atoms with Gasteiger partial charge in [-0.05, 0) is 13.8 Å². The molecule has 0 spiro atoms. The van der Waals surface area contributed by atoms with Crippen molar-refractivity contribution in [3.05, 3.63) is 21.7 Å². The molecule has 0 bridgehead atoms. The van der Waals surface area contributed by atoms with Crippen LogP contribution in [0.25, 0.3) is 0 Å². The van der Waals surface area contributed by atoms with Crippen LogP contribution in [0.2, 0.25) is 0 Å². The fourth-order valence-corrected chi connectivity index (χ4v) is 1.36. The van der Waals surface area contributed by atoms with Crippen LogP contribution in [0.15, 0.2) is 0 Å². The largest absolute Gasteiger partial charge is 0.478 e. The molecule has 12 heavy (non-hydrogen) atoms. The maximum absolute atomic E-state index is 10.6. The fraction of sp³-hybridized carbons (Fsp3) is 0.286. The minimum atomic E-state index is -1.04. The van der Waals surface area contributed by atoms with E-state index in [-0.39, 0.29) is 10.2 Å². The molecule has 0 fully saturated rings. The summed E-state index contributed by atoms with van der Waals surface area (Å²) in [6.45, 7) is 3.39. The Labute approximate surface area is 74.3 Å². The number of rotatable bonds is 1. The molecule has 0 saturated carbocycles. The predicted molar refractivity (Wildman–Crippen MR) is 45.9 cm³/mol. The molecule has 1 heterocycles. The zero-order valence-electron chi connectivity index (χ0n) is 6.71. The maximum Gasteiger partial charge on any atom is 0.340 e. The molecule has 1 aromatic heterocycles. The van der Waals surface area contributed by atoms with Crippen molar-refractivity contribution in [1.82, 2.24) is 9.97 Å². The summed E-state index contributed by atoms with van der Waals surface area (Å²) in [7, 11) is 0. The number of nitrogens with zero attached hydrogens (tertiary/aromatic N) is 1. The third kappa shape index (κ3) is 1.50. The molecule has 5 heteroatoms. The summed E-state index contributed by atoms with van der Waals surface area (Å²) in [4.78, 5) is 17.3. The summed E-state index contributed by atoms with van der Waals surface area (Å²) in [6.07, 6.45) is 0. The van der Waals surface area contributed by atoms with Crippen molar-refractivity contribution >= 4 is 18.2 Å². The van der Waals surface area contributed by atoms with Crippen molar-refractivity contribution in [2.45, 2.75) is 13.8 Å². The number of aryl methyl sites for hydroxylation is 2. The molecule has 1 rings (SSSR count). The van der Waals surface area contributed by atoms with Gasteiger partial charge in [0.25, 0.3) is 0 Å². The quantitative estimate of drug-likeness (QED) is 0.648. The van der Waals surface area contributed by atoms with Gasteiger partial charge in [0.15, 0.2) is 0 Å². The molecule has 4 nitrogen and oxygen atoms in total. The number of aromatic carboxylic acids is 1. The zero-order chi connectivity index (χ0) is 9.30. The summed E-state index contributed by atoms with van der Waals surface area (Å²) < 4.78 is 0.135. The van der Waals surface area contributed by atoms with E-state index in [1.807, 2.05) is 0 Å². The second kappa shape index (κ2) is 3.02. The Morgan fingerprint density at radius 3 is 2.58 bits per heavy atom. The van der Waals surface area contributed by atoms with Crippen LogP contribution >= 0.6 is 12.2 Å². The Kier molecular flexibility index (Phi) is 2.23. The van der Waals surface area contributed by atoms with Gasteiger partial charge in [0.05, 0.1) is 0 Å². The highest BCUT2D eigenvalue weighted by Crippen LogP contribution is 2.05. The lowest BCUT2D eigenvalue weighted by Gasteiger charge is -2.01. The van der Waals surface area contributed by atoms with E-state index in [4.69, 9.17) is 17.3 Å². The van der Waals surface area contributed by atoms with Gasteiger partial charge in [-0.2, -0.15) is 0 Å². The third-order valence-electron chi connectivity index (χ3n) is 1.44. The predicted octanol–water partition coefficient (Wildman–Crippen LogP) is 1.45. The van der Waals surface area contributed by atoms with Crippen LogP contribution in [-0.4, -0.2) is 21.0 Å². The van der Waals surface area contributed by atoms with Crippen molar-refractivity contribution < 1.29 is 9.90 Å². The van der Waals surface area contributed by atoms with Gasteiger partial charge in [0.2, 0.25) is 0 Å². The first-order chi connectivity index (χ1) is 5.52. The van der Waals surface area contributed by atoms with Gasteiger partial charge < -0.3 is 10.1 Å². The molecular weight excluding hydrogens is 176 g/mol. The van der Waals surface area contributed by atoms with E-state index in [1.54, 1.807) is 13.8 Å². The number of carboxylic acids is 1.